The predicted molar refractivity (Wildman–Crippen MR) is 118 cm³/mol. The van der Waals surface area contributed by atoms with Crippen molar-refractivity contribution in [3.05, 3.63) is 23.3 Å². The van der Waals surface area contributed by atoms with Gasteiger partial charge in [0.15, 0.2) is 0 Å². The maximum atomic E-state index is 10.5. The van der Waals surface area contributed by atoms with Crippen LogP contribution in [0.15, 0.2) is 23.3 Å². The lowest BCUT2D eigenvalue weighted by Crippen LogP contribution is -2.05. The van der Waals surface area contributed by atoms with Crippen molar-refractivity contribution in [2.24, 2.45) is 11.8 Å². The standard InChI is InChI=1S/2C12H22O2/c2*1-10(2)6-5-7-11(3)8-9-14-12(4)13/h2*6,11H,5,7-9H2,1-4H3. The first-order valence-electron chi connectivity index (χ1n) is 10.6. The Bertz CT molecular complexity index is 425. The zero-order valence-corrected chi connectivity index (χ0v) is 19.6. The molecular formula is C24H44O4. The fourth-order valence-corrected chi connectivity index (χ4v) is 2.41. The van der Waals surface area contributed by atoms with Crippen molar-refractivity contribution in [2.75, 3.05) is 13.2 Å². The van der Waals surface area contributed by atoms with Crippen molar-refractivity contribution in [3.63, 3.8) is 0 Å². The molecule has 2 atom stereocenters. The summed E-state index contributed by atoms with van der Waals surface area (Å²) in [5.74, 6) is 0.901. The molecule has 0 radical (unpaired) electrons. The van der Waals surface area contributed by atoms with Gasteiger partial charge in [-0.05, 0) is 78.1 Å². The van der Waals surface area contributed by atoms with Crippen LogP contribution < -0.4 is 0 Å². The molecule has 0 spiro atoms. The number of esters is 2. The van der Waals surface area contributed by atoms with E-state index >= 15 is 0 Å². The third kappa shape index (κ3) is 26.6. The Labute approximate surface area is 173 Å². The topological polar surface area (TPSA) is 52.6 Å². The van der Waals surface area contributed by atoms with E-state index in [9.17, 15) is 9.59 Å². The smallest absolute Gasteiger partial charge is 0.302 e. The minimum Gasteiger partial charge on any atom is -0.466 e. The molecule has 0 N–H and O–H groups in total. The van der Waals surface area contributed by atoms with Gasteiger partial charge in [0.05, 0.1) is 13.2 Å². The molecule has 0 aromatic rings. The largest absolute Gasteiger partial charge is 0.466 e. The Balaban J connectivity index is 0. The summed E-state index contributed by atoms with van der Waals surface area (Å²) in [7, 11) is 0. The Morgan fingerprint density at radius 3 is 1.21 bits per heavy atom. The molecule has 0 heterocycles. The molecule has 0 amide bonds. The van der Waals surface area contributed by atoms with Crippen molar-refractivity contribution in [1.82, 2.24) is 0 Å². The fourth-order valence-electron chi connectivity index (χ4n) is 2.41. The number of allylic oxidation sites excluding steroid dienone is 4. The molecule has 2 unspecified atom stereocenters. The summed E-state index contributed by atoms with van der Waals surface area (Å²) in [5.41, 5.74) is 2.74. The van der Waals surface area contributed by atoms with Gasteiger partial charge in [0.1, 0.15) is 0 Å². The number of rotatable bonds is 12. The highest BCUT2D eigenvalue weighted by Gasteiger charge is 2.02. The average Bonchev–Trinajstić information content (AvgIpc) is 2.54. The molecule has 0 aromatic carbocycles. The summed E-state index contributed by atoms with van der Waals surface area (Å²) >= 11 is 0. The lowest BCUT2D eigenvalue weighted by molar-refractivity contribution is -0.142. The molecule has 0 fully saturated rings. The van der Waals surface area contributed by atoms with E-state index in [0.717, 1.165) is 25.7 Å². The van der Waals surface area contributed by atoms with Crippen molar-refractivity contribution < 1.29 is 19.1 Å². The lowest BCUT2D eigenvalue weighted by atomic mass is 10.0. The van der Waals surface area contributed by atoms with Gasteiger partial charge in [-0.2, -0.15) is 0 Å². The van der Waals surface area contributed by atoms with Gasteiger partial charge >= 0.3 is 11.9 Å². The fraction of sp³-hybridized carbons (Fsp3) is 0.750. The first-order valence-corrected chi connectivity index (χ1v) is 10.6. The maximum absolute atomic E-state index is 10.5. The molecule has 4 nitrogen and oxygen atoms in total. The van der Waals surface area contributed by atoms with Gasteiger partial charge in [-0.15, -0.1) is 0 Å². The minimum atomic E-state index is -0.179. The molecule has 0 bridgehead atoms. The number of hydrogen-bond donors (Lipinski definition) is 0. The lowest BCUT2D eigenvalue weighted by Gasteiger charge is -2.09. The molecule has 0 rings (SSSR count). The number of ether oxygens (including phenoxy) is 2. The molecule has 0 aliphatic carbocycles. The van der Waals surface area contributed by atoms with Crippen molar-refractivity contribution in [3.8, 4) is 0 Å². The van der Waals surface area contributed by atoms with Gasteiger partial charge in [-0.1, -0.05) is 37.1 Å². The Hall–Kier alpha value is -1.58. The van der Waals surface area contributed by atoms with E-state index in [0.29, 0.717) is 25.0 Å². The maximum Gasteiger partial charge on any atom is 0.302 e. The number of carbonyl (C=O) groups excluding carboxylic acids is 2. The molecule has 0 saturated carbocycles. The van der Waals surface area contributed by atoms with Crippen molar-refractivity contribution >= 4 is 11.9 Å². The number of hydrogen-bond acceptors (Lipinski definition) is 4. The highest BCUT2D eigenvalue weighted by Crippen LogP contribution is 2.12. The zero-order chi connectivity index (χ0) is 21.9. The normalized spacial score (nSPS) is 12.0. The third-order valence-corrected chi connectivity index (χ3v) is 4.26. The molecule has 0 aliphatic heterocycles. The summed E-state index contributed by atoms with van der Waals surface area (Å²) in [4.78, 5) is 21.0. The van der Waals surface area contributed by atoms with Crippen LogP contribution in [0.1, 0.15) is 93.9 Å². The molecule has 0 saturated heterocycles. The van der Waals surface area contributed by atoms with E-state index in [1.807, 2.05) is 0 Å². The van der Waals surface area contributed by atoms with Crippen LogP contribution >= 0.6 is 0 Å². The van der Waals surface area contributed by atoms with Crippen LogP contribution in [0.3, 0.4) is 0 Å². The summed E-state index contributed by atoms with van der Waals surface area (Å²) in [5, 5.41) is 0. The minimum absolute atomic E-state index is 0.179. The quantitative estimate of drug-likeness (QED) is 0.274. The molecule has 0 aliphatic rings. The second-order valence-corrected chi connectivity index (χ2v) is 8.19. The van der Waals surface area contributed by atoms with Gasteiger partial charge in [-0.3, -0.25) is 9.59 Å². The van der Waals surface area contributed by atoms with E-state index in [4.69, 9.17) is 9.47 Å². The molecule has 28 heavy (non-hydrogen) atoms. The van der Waals surface area contributed by atoms with Gasteiger partial charge in [0, 0.05) is 13.8 Å². The first-order chi connectivity index (χ1) is 13.0. The van der Waals surface area contributed by atoms with Crippen LogP contribution in [0.2, 0.25) is 0 Å². The van der Waals surface area contributed by atoms with E-state index in [1.165, 1.54) is 37.8 Å². The first kappa shape index (κ1) is 28.6. The van der Waals surface area contributed by atoms with E-state index in [1.54, 1.807) is 0 Å². The SMILES string of the molecule is CC(=O)OCCC(C)CCC=C(C)C.CC(=O)OCCC(C)CCC=C(C)C. The summed E-state index contributed by atoms with van der Waals surface area (Å²) in [6.45, 7) is 16.9. The summed E-state index contributed by atoms with van der Waals surface area (Å²) in [6.07, 6.45) is 11.0. The molecule has 164 valence electrons. The Morgan fingerprint density at radius 1 is 0.643 bits per heavy atom. The Morgan fingerprint density at radius 2 is 0.964 bits per heavy atom. The molecular weight excluding hydrogens is 352 g/mol. The van der Waals surface area contributed by atoms with E-state index < -0.39 is 0 Å². The van der Waals surface area contributed by atoms with E-state index in [2.05, 4.69) is 53.7 Å². The number of carbonyl (C=O) groups is 2. The van der Waals surface area contributed by atoms with Gasteiger partial charge in [0.2, 0.25) is 0 Å². The van der Waals surface area contributed by atoms with Crippen LogP contribution in [0.25, 0.3) is 0 Å². The van der Waals surface area contributed by atoms with Crippen LogP contribution in [-0.4, -0.2) is 25.2 Å². The van der Waals surface area contributed by atoms with Crippen LogP contribution in [0.5, 0.6) is 0 Å². The second kappa shape index (κ2) is 18.8. The van der Waals surface area contributed by atoms with Crippen LogP contribution in [-0.2, 0) is 19.1 Å². The molecule has 0 aromatic heterocycles. The van der Waals surface area contributed by atoms with Crippen molar-refractivity contribution in [2.45, 2.75) is 93.9 Å². The van der Waals surface area contributed by atoms with Crippen LogP contribution in [0.4, 0.5) is 0 Å². The second-order valence-electron chi connectivity index (χ2n) is 8.19. The van der Waals surface area contributed by atoms with Gasteiger partial charge in [-0.25, -0.2) is 0 Å². The zero-order valence-electron chi connectivity index (χ0n) is 19.6. The highest BCUT2D eigenvalue weighted by atomic mass is 16.5. The van der Waals surface area contributed by atoms with E-state index in [-0.39, 0.29) is 11.9 Å². The predicted octanol–water partition coefficient (Wildman–Crippen LogP) is 6.64. The van der Waals surface area contributed by atoms with Gasteiger partial charge in [0.25, 0.3) is 0 Å². The summed E-state index contributed by atoms with van der Waals surface area (Å²) < 4.78 is 9.77. The third-order valence-electron chi connectivity index (χ3n) is 4.26. The van der Waals surface area contributed by atoms with Crippen LogP contribution in [0, 0.1) is 11.8 Å². The molecule has 4 heteroatoms. The monoisotopic (exact) mass is 396 g/mol. The highest BCUT2D eigenvalue weighted by molar-refractivity contribution is 5.66. The summed E-state index contributed by atoms with van der Waals surface area (Å²) in [6, 6.07) is 0. The van der Waals surface area contributed by atoms with Crippen molar-refractivity contribution in [1.29, 1.82) is 0 Å². The Kier molecular flexibility index (Phi) is 19.2. The average molecular weight is 397 g/mol. The van der Waals surface area contributed by atoms with Gasteiger partial charge < -0.3 is 9.47 Å².